The number of anilines is 4. The Hall–Kier alpha value is -5.38. The highest BCUT2D eigenvalue weighted by atomic mass is 35.5. The molecule has 64 heavy (non-hydrogen) atoms. The smallest absolute Gasteiger partial charge is 0.211 e. The van der Waals surface area contributed by atoms with Crippen LogP contribution in [0.4, 0.5) is 31.8 Å². The Balaban J connectivity index is 0.000000191. The van der Waals surface area contributed by atoms with Crippen molar-refractivity contribution in [3.63, 3.8) is 0 Å². The largest absolute Gasteiger partial charge is 0.493 e. The number of sulfonamides is 2. The van der Waals surface area contributed by atoms with Crippen LogP contribution in [0.1, 0.15) is 25.7 Å². The van der Waals surface area contributed by atoms with Crippen LogP contribution >= 0.6 is 23.2 Å². The van der Waals surface area contributed by atoms with Crippen LogP contribution in [0.3, 0.4) is 0 Å². The average Bonchev–Trinajstić information content (AvgIpc) is 3.26. The third-order valence-corrected chi connectivity index (χ3v) is 13.6. The maximum absolute atomic E-state index is 14.4. The molecule has 1 unspecified atom stereocenters. The van der Waals surface area contributed by atoms with Gasteiger partial charge in [-0.15, -0.1) is 0 Å². The van der Waals surface area contributed by atoms with E-state index < -0.39 is 31.7 Å². The first-order valence-electron chi connectivity index (χ1n) is 19.8. The molecule has 0 radical (unpaired) electrons. The first-order chi connectivity index (χ1) is 30.5. The number of hydrogen-bond acceptors (Lipinski definition) is 14. The van der Waals surface area contributed by atoms with Crippen molar-refractivity contribution in [2.45, 2.75) is 37.9 Å². The monoisotopic (exact) mass is 960 g/mol. The quantitative estimate of drug-likeness (QED) is 0.120. The van der Waals surface area contributed by atoms with Gasteiger partial charge in [0.25, 0.3) is 0 Å². The van der Waals surface area contributed by atoms with E-state index in [1.807, 2.05) is 0 Å². The predicted molar refractivity (Wildman–Crippen MR) is 242 cm³/mol. The van der Waals surface area contributed by atoms with Gasteiger partial charge in [0.05, 0.1) is 72.3 Å². The summed E-state index contributed by atoms with van der Waals surface area (Å²) in [6.07, 6.45) is 7.22. The van der Waals surface area contributed by atoms with E-state index in [-0.39, 0.29) is 46.7 Å². The summed E-state index contributed by atoms with van der Waals surface area (Å²) in [4.78, 5) is 17.0. The number of halogens is 4. The van der Waals surface area contributed by atoms with E-state index in [2.05, 4.69) is 30.6 Å². The molecule has 0 amide bonds. The molecule has 4 heterocycles. The molecular weight excluding hydrogens is 918 g/mol. The fourth-order valence-corrected chi connectivity index (χ4v) is 9.39. The molecule has 0 bridgehead atoms. The van der Waals surface area contributed by atoms with Crippen molar-refractivity contribution in [3.8, 4) is 23.0 Å². The number of piperidine rings is 2. The van der Waals surface area contributed by atoms with Gasteiger partial charge in [-0.3, -0.25) is 0 Å². The Morgan fingerprint density at radius 2 is 1.03 bits per heavy atom. The molecule has 2 aromatic heterocycles. The second-order valence-corrected chi connectivity index (χ2v) is 19.7. The number of methoxy groups -OCH3 is 2. The van der Waals surface area contributed by atoms with Gasteiger partial charge in [-0.2, -0.15) is 8.61 Å². The normalized spacial score (nSPS) is 17.3. The van der Waals surface area contributed by atoms with Gasteiger partial charge in [0.2, 0.25) is 20.0 Å². The van der Waals surface area contributed by atoms with Crippen LogP contribution in [0.25, 0.3) is 21.8 Å². The number of nitrogens with zero attached hydrogens (tertiary/aromatic N) is 6. The van der Waals surface area contributed by atoms with Crippen molar-refractivity contribution in [1.29, 1.82) is 0 Å². The Labute approximate surface area is 378 Å². The molecule has 2 aliphatic heterocycles. The summed E-state index contributed by atoms with van der Waals surface area (Å²) < 4.78 is 103. The van der Waals surface area contributed by atoms with E-state index in [1.54, 1.807) is 48.5 Å². The summed E-state index contributed by atoms with van der Waals surface area (Å²) in [5.41, 5.74) is 1.48. The highest BCUT2D eigenvalue weighted by Crippen LogP contribution is 2.39. The van der Waals surface area contributed by atoms with Gasteiger partial charge in [0.15, 0.2) is 34.6 Å². The molecule has 8 rings (SSSR count). The SMILES string of the molecule is COc1cc2ncnc(Nc3cccc(Cl)c3F)c2cc1OC1CCCN(S(C)(=O)=O)C1.COc1cc2ncnc(Nc3cccc(Cl)c3F)c2cc1O[C@H]1CCCN(S(C)(=O)=O)C1. The van der Waals surface area contributed by atoms with Gasteiger partial charge in [-0.1, -0.05) is 35.3 Å². The topological polar surface area (TPSA) is 187 Å². The first-order valence-corrected chi connectivity index (χ1v) is 24.3. The Bertz CT molecular complexity index is 2710. The molecule has 4 aromatic carbocycles. The molecule has 2 N–H and O–H groups in total. The van der Waals surface area contributed by atoms with Crippen LogP contribution in [-0.2, 0) is 20.0 Å². The standard InChI is InChI=1S/2C21H22ClFN4O4S/c2*1-30-18-10-17-14(9-19(18)31-13-5-4-8-27(11-13)32(2,28)29)21(25-12-24-17)26-16-7-3-6-15(22)20(16)23/h2*3,6-7,9-10,12-13H,4-5,8,11H2,1-2H3,(H,24,25,26)/t13-;/m0./s1. The second-order valence-electron chi connectivity index (χ2n) is 14.9. The van der Waals surface area contributed by atoms with Gasteiger partial charge in [-0.25, -0.2) is 45.6 Å². The lowest BCUT2D eigenvalue weighted by molar-refractivity contribution is 0.126. The molecule has 16 nitrogen and oxygen atoms in total. The molecular formula is C42H44Cl2F2N8O8S2. The van der Waals surface area contributed by atoms with Crippen LogP contribution in [0.2, 0.25) is 10.0 Å². The van der Waals surface area contributed by atoms with E-state index in [0.717, 1.165) is 0 Å². The molecule has 2 saturated heterocycles. The molecule has 2 aliphatic rings. The zero-order valence-corrected chi connectivity index (χ0v) is 38.2. The summed E-state index contributed by atoms with van der Waals surface area (Å²) in [6, 6.07) is 16.1. The second kappa shape index (κ2) is 19.8. The third-order valence-electron chi connectivity index (χ3n) is 10.5. The molecule has 0 aliphatic carbocycles. The van der Waals surface area contributed by atoms with Crippen LogP contribution in [0.15, 0.2) is 73.3 Å². The van der Waals surface area contributed by atoms with E-state index >= 15 is 0 Å². The molecule has 22 heteroatoms. The number of hydrogen-bond donors (Lipinski definition) is 2. The Morgan fingerprint density at radius 3 is 1.41 bits per heavy atom. The van der Waals surface area contributed by atoms with Crippen LogP contribution in [-0.4, -0.2) is 111 Å². The fraction of sp³-hybridized carbons (Fsp3) is 0.333. The molecule has 6 aromatic rings. The average molecular weight is 962 g/mol. The van der Waals surface area contributed by atoms with Crippen molar-refractivity contribution < 1.29 is 44.6 Å². The van der Waals surface area contributed by atoms with Crippen molar-refractivity contribution in [1.82, 2.24) is 28.5 Å². The zero-order chi connectivity index (χ0) is 45.8. The summed E-state index contributed by atoms with van der Waals surface area (Å²) >= 11 is 11.8. The number of ether oxygens (including phenoxy) is 4. The van der Waals surface area contributed by atoms with Crippen LogP contribution < -0.4 is 29.6 Å². The number of nitrogens with one attached hydrogen (secondary N) is 2. The van der Waals surface area contributed by atoms with Crippen LogP contribution in [0.5, 0.6) is 23.0 Å². The highest BCUT2D eigenvalue weighted by Gasteiger charge is 2.30. The van der Waals surface area contributed by atoms with E-state index in [9.17, 15) is 25.6 Å². The van der Waals surface area contributed by atoms with Gasteiger partial charge in [0.1, 0.15) is 36.5 Å². The van der Waals surface area contributed by atoms with Crippen molar-refractivity contribution in [3.05, 3.63) is 95.0 Å². The molecule has 2 fully saturated rings. The zero-order valence-electron chi connectivity index (χ0n) is 35.0. The minimum atomic E-state index is -3.30. The van der Waals surface area contributed by atoms with E-state index in [0.29, 0.717) is 95.2 Å². The lowest BCUT2D eigenvalue weighted by Crippen LogP contribution is -2.43. The maximum atomic E-state index is 14.4. The molecule has 0 spiro atoms. The summed E-state index contributed by atoms with van der Waals surface area (Å²) in [6.45, 7) is 1.45. The Morgan fingerprint density at radius 1 is 0.625 bits per heavy atom. The number of fused-ring (bicyclic) bond motifs is 2. The van der Waals surface area contributed by atoms with E-state index in [4.69, 9.17) is 42.1 Å². The van der Waals surface area contributed by atoms with Gasteiger partial charge in [0, 0.05) is 36.0 Å². The lowest BCUT2D eigenvalue weighted by Gasteiger charge is -2.31. The number of benzene rings is 4. The first kappa shape index (κ1) is 46.6. The third kappa shape index (κ3) is 10.9. The molecule has 2 atom stereocenters. The van der Waals surface area contributed by atoms with Gasteiger partial charge >= 0.3 is 0 Å². The van der Waals surface area contributed by atoms with Crippen LogP contribution in [0, 0.1) is 11.6 Å². The molecule has 340 valence electrons. The maximum Gasteiger partial charge on any atom is 0.211 e. The van der Waals surface area contributed by atoms with Gasteiger partial charge in [-0.05, 0) is 62.1 Å². The minimum Gasteiger partial charge on any atom is -0.493 e. The highest BCUT2D eigenvalue weighted by molar-refractivity contribution is 7.88. The van der Waals surface area contributed by atoms with Crippen molar-refractivity contribution in [2.24, 2.45) is 0 Å². The number of rotatable bonds is 12. The lowest BCUT2D eigenvalue weighted by atomic mass is 10.1. The minimum absolute atomic E-state index is 0.00761. The predicted octanol–water partition coefficient (Wildman–Crippen LogP) is 7.95. The molecule has 0 saturated carbocycles. The van der Waals surface area contributed by atoms with Crippen molar-refractivity contribution in [2.75, 3.05) is 63.5 Å². The summed E-state index contributed by atoms with van der Waals surface area (Å²) in [7, 11) is -3.58. The fourth-order valence-electron chi connectivity index (χ4n) is 7.25. The van der Waals surface area contributed by atoms with E-state index in [1.165, 1.54) is 60.1 Å². The van der Waals surface area contributed by atoms with Gasteiger partial charge < -0.3 is 29.6 Å². The Kier molecular flexibility index (Phi) is 14.4. The number of aromatic nitrogens is 4. The summed E-state index contributed by atoms with van der Waals surface area (Å²) in [5, 5.41) is 7.06. The summed E-state index contributed by atoms with van der Waals surface area (Å²) in [5.74, 6) is 1.30. The van der Waals surface area contributed by atoms with Crippen molar-refractivity contribution >= 4 is 88.1 Å².